The Kier molecular flexibility index (Phi) is 6.56. The van der Waals surface area contributed by atoms with Crippen LogP contribution in [0.15, 0.2) is 83.4 Å². The number of allylic oxidation sites excluding steroid dienone is 2. The SMILES string of the molecule is CCCOS(=O)(=O)C1=CC=C(C)[C@H](O)[C@]1(c1cccc(OC(F)(F)F)c1)n1ccc2ccccc21. The Balaban J connectivity index is 2.08. The Morgan fingerprint density at radius 1 is 1.09 bits per heavy atom. The molecule has 1 heterocycles. The van der Waals surface area contributed by atoms with Crippen molar-refractivity contribution >= 4 is 21.0 Å². The number of alkyl halides is 3. The normalized spacial score (nSPS) is 21.0. The van der Waals surface area contributed by atoms with Gasteiger partial charge in [0.25, 0.3) is 10.1 Å². The minimum atomic E-state index is -4.96. The Morgan fingerprint density at radius 3 is 2.54 bits per heavy atom. The Morgan fingerprint density at radius 2 is 1.83 bits per heavy atom. The standard InChI is InChI=1S/C25H24F3NO5S/c1-3-15-33-35(31,32)22-12-11-17(2)23(30)24(22,29-14-13-18-7-4-5-10-21(18)29)19-8-6-9-20(16-19)34-25(26,27)28/h4-14,16,23,30H,3,15H2,1-2H3/t23-,24+/m0/s1. The van der Waals surface area contributed by atoms with Gasteiger partial charge in [-0.1, -0.05) is 43.3 Å². The van der Waals surface area contributed by atoms with E-state index in [0.29, 0.717) is 17.5 Å². The lowest BCUT2D eigenvalue weighted by Crippen LogP contribution is -2.51. The molecule has 1 aliphatic carbocycles. The predicted molar refractivity (Wildman–Crippen MR) is 125 cm³/mol. The molecule has 10 heteroatoms. The van der Waals surface area contributed by atoms with E-state index in [2.05, 4.69) is 4.74 Å². The number of nitrogens with zero attached hydrogens (tertiary/aromatic N) is 1. The minimum absolute atomic E-state index is 0.0791. The van der Waals surface area contributed by atoms with Gasteiger partial charge in [-0.15, -0.1) is 13.2 Å². The number of aliphatic hydroxyl groups is 1. The van der Waals surface area contributed by atoms with Crippen molar-refractivity contribution in [3.63, 3.8) is 0 Å². The smallest absolute Gasteiger partial charge is 0.406 e. The third-order valence-corrected chi connectivity index (χ3v) is 7.36. The maximum absolute atomic E-state index is 13.5. The molecule has 0 spiro atoms. The molecule has 1 aromatic heterocycles. The number of ether oxygens (including phenoxy) is 1. The van der Waals surface area contributed by atoms with Gasteiger partial charge in [0.15, 0.2) is 0 Å². The van der Waals surface area contributed by atoms with Crippen LogP contribution in [0.5, 0.6) is 5.75 Å². The van der Waals surface area contributed by atoms with E-state index in [1.807, 2.05) is 6.07 Å². The lowest BCUT2D eigenvalue weighted by Gasteiger charge is -2.44. The number of halogens is 3. The van der Waals surface area contributed by atoms with Crippen molar-refractivity contribution in [2.75, 3.05) is 6.61 Å². The number of hydrogen-bond donors (Lipinski definition) is 1. The molecule has 0 unspecified atom stereocenters. The number of aromatic nitrogens is 1. The van der Waals surface area contributed by atoms with E-state index in [9.17, 15) is 26.7 Å². The molecule has 0 radical (unpaired) electrons. The summed E-state index contributed by atoms with van der Waals surface area (Å²) in [7, 11) is -4.43. The van der Waals surface area contributed by atoms with Crippen molar-refractivity contribution in [1.82, 2.24) is 4.57 Å². The van der Waals surface area contributed by atoms with Crippen LogP contribution in [-0.4, -0.2) is 37.2 Å². The first-order valence-electron chi connectivity index (χ1n) is 10.9. The van der Waals surface area contributed by atoms with Crippen LogP contribution in [0.25, 0.3) is 10.9 Å². The van der Waals surface area contributed by atoms with Crippen LogP contribution in [0.4, 0.5) is 13.2 Å². The first kappa shape index (κ1) is 25.0. The largest absolute Gasteiger partial charge is 0.573 e. The highest BCUT2D eigenvalue weighted by atomic mass is 32.2. The topological polar surface area (TPSA) is 77.8 Å². The number of fused-ring (bicyclic) bond motifs is 1. The molecule has 1 aliphatic rings. The molecule has 2 atom stereocenters. The summed E-state index contributed by atoms with van der Waals surface area (Å²) in [6.07, 6.45) is -1.60. The second kappa shape index (κ2) is 9.18. The summed E-state index contributed by atoms with van der Waals surface area (Å²) in [6, 6.07) is 13.8. The van der Waals surface area contributed by atoms with Gasteiger partial charge in [0.1, 0.15) is 22.3 Å². The average Bonchev–Trinajstić information content (AvgIpc) is 3.23. The number of para-hydroxylation sites is 1. The number of aliphatic hydroxyl groups excluding tert-OH is 1. The quantitative estimate of drug-likeness (QED) is 0.443. The van der Waals surface area contributed by atoms with Gasteiger partial charge in [0, 0.05) is 11.7 Å². The molecule has 0 saturated carbocycles. The van der Waals surface area contributed by atoms with Gasteiger partial charge in [-0.2, -0.15) is 8.42 Å². The average molecular weight is 508 g/mol. The predicted octanol–water partition coefficient (Wildman–Crippen LogP) is 5.24. The van der Waals surface area contributed by atoms with Crippen LogP contribution in [0, 0.1) is 0 Å². The Bertz CT molecular complexity index is 1410. The van der Waals surface area contributed by atoms with Crippen LogP contribution in [0.2, 0.25) is 0 Å². The van der Waals surface area contributed by atoms with Crippen molar-refractivity contribution in [3.8, 4) is 5.75 Å². The molecule has 3 aromatic rings. The third-order valence-electron chi connectivity index (χ3n) is 5.90. The highest BCUT2D eigenvalue weighted by Gasteiger charge is 2.53. The zero-order valence-corrected chi connectivity index (χ0v) is 19.8. The van der Waals surface area contributed by atoms with Gasteiger partial charge in [-0.3, -0.25) is 4.18 Å². The molecular formula is C25H24F3NO5S. The van der Waals surface area contributed by atoms with E-state index in [0.717, 1.165) is 17.5 Å². The lowest BCUT2D eigenvalue weighted by atomic mass is 9.77. The molecule has 35 heavy (non-hydrogen) atoms. The molecule has 2 aromatic carbocycles. The number of benzene rings is 2. The first-order valence-corrected chi connectivity index (χ1v) is 12.3. The molecule has 6 nitrogen and oxygen atoms in total. The zero-order chi connectivity index (χ0) is 25.4. The fraction of sp³-hybridized carbons (Fsp3) is 0.280. The Labute approximate surface area is 201 Å². The Hall–Kier alpha value is -3.08. The summed E-state index contributed by atoms with van der Waals surface area (Å²) in [5.41, 5.74) is -0.811. The summed E-state index contributed by atoms with van der Waals surface area (Å²) < 4.78 is 76.9. The van der Waals surface area contributed by atoms with Crippen LogP contribution in [0.1, 0.15) is 25.8 Å². The fourth-order valence-corrected chi connectivity index (χ4v) is 5.89. The highest BCUT2D eigenvalue weighted by molar-refractivity contribution is 7.90. The summed E-state index contributed by atoms with van der Waals surface area (Å²) in [4.78, 5) is -0.304. The summed E-state index contributed by atoms with van der Waals surface area (Å²) in [5, 5.41) is 12.4. The van der Waals surface area contributed by atoms with E-state index in [-0.39, 0.29) is 17.1 Å². The van der Waals surface area contributed by atoms with Gasteiger partial charge < -0.3 is 14.4 Å². The van der Waals surface area contributed by atoms with Crippen molar-refractivity contribution in [1.29, 1.82) is 0 Å². The fourth-order valence-electron chi connectivity index (χ4n) is 4.43. The maximum atomic E-state index is 13.5. The van der Waals surface area contributed by atoms with Gasteiger partial charge >= 0.3 is 6.36 Å². The molecular weight excluding hydrogens is 483 g/mol. The van der Waals surface area contributed by atoms with Gasteiger partial charge in [-0.05, 0) is 60.2 Å². The maximum Gasteiger partial charge on any atom is 0.573 e. The van der Waals surface area contributed by atoms with Crippen LogP contribution >= 0.6 is 0 Å². The van der Waals surface area contributed by atoms with Crippen molar-refractivity contribution < 1.29 is 35.6 Å². The third kappa shape index (κ3) is 4.49. The second-order valence-corrected chi connectivity index (χ2v) is 9.79. The van der Waals surface area contributed by atoms with Crippen LogP contribution < -0.4 is 4.74 Å². The molecule has 0 saturated heterocycles. The second-order valence-electron chi connectivity index (χ2n) is 8.21. The molecule has 1 N–H and O–H groups in total. The minimum Gasteiger partial charge on any atom is -0.406 e. The van der Waals surface area contributed by atoms with E-state index in [4.69, 9.17) is 4.18 Å². The van der Waals surface area contributed by atoms with E-state index in [1.54, 1.807) is 48.9 Å². The molecule has 0 bridgehead atoms. The molecule has 0 fully saturated rings. The molecule has 4 rings (SSSR count). The van der Waals surface area contributed by atoms with Crippen molar-refractivity contribution in [2.45, 2.75) is 38.3 Å². The molecule has 0 aliphatic heterocycles. The summed E-state index contributed by atoms with van der Waals surface area (Å²) in [5.74, 6) is -0.545. The highest BCUT2D eigenvalue weighted by Crippen LogP contribution is 2.48. The molecule has 0 amide bonds. The van der Waals surface area contributed by atoms with Gasteiger partial charge in [0.05, 0.1) is 6.61 Å². The van der Waals surface area contributed by atoms with Gasteiger partial charge in [-0.25, -0.2) is 0 Å². The number of hydrogen-bond acceptors (Lipinski definition) is 5. The van der Waals surface area contributed by atoms with E-state index in [1.165, 1.54) is 24.3 Å². The van der Waals surface area contributed by atoms with E-state index >= 15 is 0 Å². The summed E-state index contributed by atoms with van der Waals surface area (Å²) >= 11 is 0. The van der Waals surface area contributed by atoms with E-state index < -0.39 is 33.9 Å². The van der Waals surface area contributed by atoms with Crippen LogP contribution in [-0.2, 0) is 19.8 Å². The van der Waals surface area contributed by atoms with Gasteiger partial charge in [0.2, 0.25) is 0 Å². The number of rotatable bonds is 7. The first-order chi connectivity index (χ1) is 16.5. The monoisotopic (exact) mass is 507 g/mol. The van der Waals surface area contributed by atoms with Crippen molar-refractivity contribution in [3.05, 3.63) is 89.0 Å². The molecule has 186 valence electrons. The lowest BCUT2D eigenvalue weighted by molar-refractivity contribution is -0.274. The summed E-state index contributed by atoms with van der Waals surface area (Å²) in [6.45, 7) is 3.26. The zero-order valence-electron chi connectivity index (χ0n) is 19.0. The van der Waals surface area contributed by atoms with Crippen LogP contribution in [0.3, 0.4) is 0 Å². The van der Waals surface area contributed by atoms with Crippen molar-refractivity contribution in [2.24, 2.45) is 0 Å².